The van der Waals surface area contributed by atoms with Gasteiger partial charge in [-0.15, -0.1) is 0 Å². The van der Waals surface area contributed by atoms with E-state index in [0.29, 0.717) is 0 Å². The molecule has 3 heteroatoms. The number of halogens is 1. The second kappa shape index (κ2) is 3.50. The van der Waals surface area contributed by atoms with Gasteiger partial charge in [0.1, 0.15) is 0 Å². The minimum Gasteiger partial charge on any atom is -0.381 e. The van der Waals surface area contributed by atoms with E-state index in [-0.39, 0.29) is 13.2 Å². The molecule has 0 amide bonds. The molecule has 0 aromatic heterocycles. The Bertz CT molecular complexity index is 122. The van der Waals surface area contributed by atoms with Gasteiger partial charge in [-0.2, -0.15) is 0 Å². The predicted octanol–water partition coefficient (Wildman–Crippen LogP) is 1.35. The minimum atomic E-state index is -1.41. The molecule has 1 atom stereocenters. The van der Waals surface area contributed by atoms with Crippen LogP contribution in [0.5, 0.6) is 0 Å². The zero-order chi connectivity index (χ0) is 9.12. The number of hydrogen-bond acceptors (Lipinski definition) is 2. The van der Waals surface area contributed by atoms with Crippen molar-refractivity contribution in [2.75, 3.05) is 20.3 Å². The monoisotopic (exact) mass is 163 g/mol. The summed E-state index contributed by atoms with van der Waals surface area (Å²) in [6.45, 7) is 5.52. The van der Waals surface area contributed by atoms with Crippen LogP contribution in [0.3, 0.4) is 0 Å². The van der Waals surface area contributed by atoms with Crippen molar-refractivity contribution in [1.29, 1.82) is 0 Å². The number of ether oxygens (including phenoxy) is 1. The Morgan fingerprint density at radius 2 is 1.82 bits per heavy atom. The Kier molecular flexibility index (Phi) is 3.45. The topological polar surface area (TPSA) is 35.2 Å². The van der Waals surface area contributed by atoms with Crippen molar-refractivity contribution in [3.63, 3.8) is 0 Å². The lowest BCUT2D eigenvalue weighted by molar-refractivity contribution is -0.0315. The third-order valence-electron chi connectivity index (χ3n) is 2.04. The molecule has 2 nitrogen and oxygen atoms in total. The average molecular weight is 163 g/mol. The second-order valence-corrected chi connectivity index (χ2v) is 3.85. The summed E-state index contributed by atoms with van der Waals surface area (Å²) < 4.78 is 18.5. The van der Waals surface area contributed by atoms with Crippen LogP contribution in [0.2, 0.25) is 0 Å². The van der Waals surface area contributed by atoms with Crippen molar-refractivity contribution in [1.82, 2.24) is 0 Å². The first kappa shape index (κ1) is 10.8. The molecule has 11 heavy (non-hydrogen) atoms. The van der Waals surface area contributed by atoms with Crippen molar-refractivity contribution in [3.8, 4) is 0 Å². The lowest BCUT2D eigenvalue weighted by Crippen LogP contribution is -2.48. The van der Waals surface area contributed by atoms with E-state index in [4.69, 9.17) is 10.5 Å². The van der Waals surface area contributed by atoms with Crippen molar-refractivity contribution < 1.29 is 9.13 Å². The molecule has 0 aromatic carbocycles. The van der Waals surface area contributed by atoms with Crippen LogP contribution in [0, 0.1) is 5.41 Å². The van der Waals surface area contributed by atoms with Crippen LogP contribution in [-0.4, -0.2) is 25.9 Å². The first-order chi connectivity index (χ1) is 4.87. The van der Waals surface area contributed by atoms with E-state index in [1.165, 1.54) is 7.11 Å². The van der Waals surface area contributed by atoms with Gasteiger partial charge in [-0.25, -0.2) is 4.39 Å². The fraction of sp³-hybridized carbons (Fsp3) is 1.00. The summed E-state index contributed by atoms with van der Waals surface area (Å²) in [6.07, 6.45) is 0. The van der Waals surface area contributed by atoms with Crippen molar-refractivity contribution in [2.45, 2.75) is 26.4 Å². The molecule has 0 heterocycles. The fourth-order valence-corrected chi connectivity index (χ4v) is 0.810. The Morgan fingerprint density at radius 3 is 1.91 bits per heavy atom. The van der Waals surface area contributed by atoms with Gasteiger partial charge in [-0.1, -0.05) is 20.8 Å². The number of rotatable bonds is 3. The highest BCUT2D eigenvalue weighted by Crippen LogP contribution is 2.33. The van der Waals surface area contributed by atoms with E-state index in [9.17, 15) is 4.39 Å². The first-order valence-corrected chi connectivity index (χ1v) is 3.75. The van der Waals surface area contributed by atoms with Crippen molar-refractivity contribution >= 4 is 0 Å². The van der Waals surface area contributed by atoms with Crippen LogP contribution in [0.1, 0.15) is 20.8 Å². The lowest BCUT2D eigenvalue weighted by Gasteiger charge is -2.36. The van der Waals surface area contributed by atoms with Crippen LogP contribution < -0.4 is 5.73 Å². The standard InChI is InChI=1S/C8H18FNO/c1-7(2,3)8(9,5-10)6-11-4/h5-6,10H2,1-4H3. The Morgan fingerprint density at radius 1 is 1.36 bits per heavy atom. The highest BCUT2D eigenvalue weighted by Gasteiger charge is 2.41. The zero-order valence-corrected chi connectivity index (χ0v) is 7.78. The summed E-state index contributed by atoms with van der Waals surface area (Å²) in [7, 11) is 1.48. The van der Waals surface area contributed by atoms with Crippen molar-refractivity contribution in [3.05, 3.63) is 0 Å². The van der Waals surface area contributed by atoms with Crippen LogP contribution in [-0.2, 0) is 4.74 Å². The molecule has 2 N–H and O–H groups in total. The van der Waals surface area contributed by atoms with E-state index < -0.39 is 11.1 Å². The van der Waals surface area contributed by atoms with Crippen LogP contribution >= 0.6 is 0 Å². The molecule has 0 aliphatic heterocycles. The summed E-state index contributed by atoms with van der Waals surface area (Å²) in [5, 5.41) is 0. The maximum Gasteiger partial charge on any atom is 0.151 e. The van der Waals surface area contributed by atoms with Crippen LogP contribution in [0.4, 0.5) is 4.39 Å². The first-order valence-electron chi connectivity index (χ1n) is 3.75. The SMILES string of the molecule is COCC(F)(CN)C(C)(C)C. The van der Waals surface area contributed by atoms with Gasteiger partial charge in [-0.05, 0) is 5.41 Å². The number of alkyl halides is 1. The molecule has 0 aromatic rings. The third kappa shape index (κ3) is 2.42. The smallest absolute Gasteiger partial charge is 0.151 e. The normalized spacial score (nSPS) is 18.0. The van der Waals surface area contributed by atoms with Gasteiger partial charge >= 0.3 is 0 Å². The molecular formula is C8H18FNO. The fourth-order valence-electron chi connectivity index (χ4n) is 0.810. The summed E-state index contributed by atoms with van der Waals surface area (Å²) in [5.41, 5.74) is 3.45. The largest absolute Gasteiger partial charge is 0.381 e. The summed E-state index contributed by atoms with van der Waals surface area (Å²) in [4.78, 5) is 0. The van der Waals surface area contributed by atoms with Crippen molar-refractivity contribution in [2.24, 2.45) is 11.1 Å². The van der Waals surface area contributed by atoms with Gasteiger partial charge < -0.3 is 10.5 Å². The molecule has 0 aliphatic rings. The lowest BCUT2D eigenvalue weighted by atomic mass is 9.78. The van der Waals surface area contributed by atoms with Gasteiger partial charge in [0.2, 0.25) is 0 Å². The van der Waals surface area contributed by atoms with Gasteiger partial charge in [0.15, 0.2) is 5.67 Å². The van der Waals surface area contributed by atoms with E-state index in [1.807, 2.05) is 20.8 Å². The predicted molar refractivity (Wildman–Crippen MR) is 44.2 cm³/mol. The molecule has 0 saturated heterocycles. The molecule has 0 saturated carbocycles. The highest BCUT2D eigenvalue weighted by molar-refractivity contribution is 4.91. The molecule has 0 rings (SSSR count). The molecule has 0 radical (unpaired) electrons. The third-order valence-corrected chi connectivity index (χ3v) is 2.04. The molecule has 1 unspecified atom stereocenters. The van der Waals surface area contributed by atoms with Gasteiger partial charge in [0.25, 0.3) is 0 Å². The summed E-state index contributed by atoms with van der Waals surface area (Å²) >= 11 is 0. The number of nitrogens with two attached hydrogens (primary N) is 1. The minimum absolute atomic E-state index is 0.00431. The molecule has 68 valence electrons. The van der Waals surface area contributed by atoms with Gasteiger partial charge in [-0.3, -0.25) is 0 Å². The van der Waals surface area contributed by atoms with Gasteiger partial charge in [0, 0.05) is 13.7 Å². The zero-order valence-electron chi connectivity index (χ0n) is 7.78. The molecule has 0 fully saturated rings. The number of hydrogen-bond donors (Lipinski definition) is 1. The van der Waals surface area contributed by atoms with Crippen LogP contribution in [0.15, 0.2) is 0 Å². The highest BCUT2D eigenvalue weighted by atomic mass is 19.1. The molecular weight excluding hydrogens is 145 g/mol. The number of methoxy groups -OCH3 is 1. The Balaban J connectivity index is 4.33. The second-order valence-electron chi connectivity index (χ2n) is 3.85. The Hall–Kier alpha value is -0.150. The van der Waals surface area contributed by atoms with E-state index in [1.54, 1.807) is 0 Å². The average Bonchev–Trinajstić information content (AvgIpc) is 1.86. The molecule has 0 bridgehead atoms. The summed E-state index contributed by atoms with van der Waals surface area (Å²) in [6, 6.07) is 0. The molecule has 0 spiro atoms. The summed E-state index contributed by atoms with van der Waals surface area (Å²) in [5.74, 6) is 0. The van der Waals surface area contributed by atoms with E-state index >= 15 is 0 Å². The van der Waals surface area contributed by atoms with E-state index in [0.717, 1.165) is 0 Å². The van der Waals surface area contributed by atoms with E-state index in [2.05, 4.69) is 0 Å². The molecule has 0 aliphatic carbocycles. The van der Waals surface area contributed by atoms with Gasteiger partial charge in [0.05, 0.1) is 6.61 Å². The van der Waals surface area contributed by atoms with Crippen LogP contribution in [0.25, 0.3) is 0 Å². The maximum atomic E-state index is 13.8. The Labute approximate surface area is 67.9 Å². The quantitative estimate of drug-likeness (QED) is 0.681. The maximum absolute atomic E-state index is 13.8.